The number of piperidine rings is 1. The highest BCUT2D eigenvalue weighted by atomic mass is 16.1. The topological polar surface area (TPSA) is 31.2 Å². The number of rotatable bonds is 0. The molecule has 1 aliphatic rings. The molecule has 1 heterocycles. The Kier molecular flexibility index (Phi) is 1.29. The zero-order valence-electron chi connectivity index (χ0n) is 4.05. The molecule has 1 fully saturated rings. The van der Waals surface area contributed by atoms with Gasteiger partial charge in [-0.05, 0) is 12.8 Å². The molecule has 0 saturated carbocycles. The van der Waals surface area contributed by atoms with Crippen LogP contribution < -0.4 is 5.32 Å². The summed E-state index contributed by atoms with van der Waals surface area (Å²) in [5.41, 5.74) is 0. The van der Waals surface area contributed by atoms with Crippen molar-refractivity contribution in [3.63, 3.8) is 0 Å². The summed E-state index contributed by atoms with van der Waals surface area (Å²) in [4.78, 5) is 10.3. The number of carbonyl (C=O) groups is 1. The summed E-state index contributed by atoms with van der Waals surface area (Å²) in [6, 6.07) is 0. The highest BCUT2D eigenvalue weighted by molar-refractivity contribution is 5.77. The highest BCUT2D eigenvalue weighted by Crippen LogP contribution is 1.98. The van der Waals surface area contributed by atoms with Crippen molar-refractivity contribution < 1.29 is 4.79 Å². The number of nitrogens with zero attached hydrogens (tertiary/aromatic N) is 1. The van der Waals surface area contributed by atoms with E-state index in [1.807, 2.05) is 6.42 Å². The molecule has 0 unspecified atom stereocenters. The minimum atomic E-state index is 0.0336. The van der Waals surface area contributed by atoms with Crippen LogP contribution in [0.25, 0.3) is 0 Å². The predicted octanol–water partition coefficient (Wildman–Crippen LogP) is 0.115. The fourth-order valence-corrected chi connectivity index (χ4v) is 0.571. The van der Waals surface area contributed by atoms with E-state index in [2.05, 4.69) is 5.32 Å². The molecule has 0 aromatic carbocycles. The number of hydrogen-bond acceptors (Lipinski definition) is 1. The van der Waals surface area contributed by atoms with Crippen LogP contribution in [0.1, 0.15) is 12.8 Å². The summed E-state index contributed by atoms with van der Waals surface area (Å²) in [6.07, 6.45) is 3.50. The molecule has 0 aliphatic carbocycles. The van der Waals surface area contributed by atoms with Gasteiger partial charge in [-0.25, -0.2) is 0 Å². The maximum absolute atomic E-state index is 10.3. The average molecular weight is 97.1 g/mol. The standard InChI is InChI=1S/C5H7NO/c7-5-3-1-2-4-6-5/h1H,2-4H2. The van der Waals surface area contributed by atoms with Crippen molar-refractivity contribution in [3.05, 3.63) is 6.42 Å². The first-order chi connectivity index (χ1) is 3.39. The van der Waals surface area contributed by atoms with Gasteiger partial charge in [0.25, 0.3) is 0 Å². The van der Waals surface area contributed by atoms with E-state index >= 15 is 0 Å². The van der Waals surface area contributed by atoms with Crippen LogP contribution in [-0.2, 0) is 4.79 Å². The molecule has 1 saturated heterocycles. The Balaban J connectivity index is 2.25. The summed E-state index contributed by atoms with van der Waals surface area (Å²) in [6.45, 7) is 0.707. The molecule has 0 atom stereocenters. The third-order valence-corrected chi connectivity index (χ3v) is 0.940. The average Bonchev–Trinajstić information content (AvgIpc) is 1.69. The fourth-order valence-electron chi connectivity index (χ4n) is 0.571. The smallest absolute Gasteiger partial charge is 0.241 e. The van der Waals surface area contributed by atoms with Gasteiger partial charge in [-0.3, -0.25) is 10.1 Å². The SMILES string of the molecule is O=C1C[CH]CC[N]1. The van der Waals surface area contributed by atoms with E-state index in [0.717, 1.165) is 6.42 Å². The molecule has 0 spiro atoms. The van der Waals surface area contributed by atoms with E-state index in [1.54, 1.807) is 0 Å². The Morgan fingerprint density at radius 2 is 2.57 bits per heavy atom. The molecule has 0 N–H and O–H groups in total. The maximum Gasteiger partial charge on any atom is 0.241 e. The zero-order valence-corrected chi connectivity index (χ0v) is 4.05. The lowest BCUT2D eigenvalue weighted by Gasteiger charge is -2.05. The minimum Gasteiger partial charge on any atom is -0.273 e. The van der Waals surface area contributed by atoms with E-state index in [4.69, 9.17) is 0 Å². The molecule has 2 heteroatoms. The lowest BCUT2D eigenvalue weighted by atomic mass is 10.2. The number of hydrogen-bond donors (Lipinski definition) is 0. The normalized spacial score (nSPS) is 21.4. The third kappa shape index (κ3) is 1.18. The van der Waals surface area contributed by atoms with E-state index in [9.17, 15) is 4.79 Å². The second-order valence-electron chi connectivity index (χ2n) is 1.56. The molecule has 0 aromatic rings. The van der Waals surface area contributed by atoms with Crippen LogP contribution in [0, 0.1) is 6.42 Å². The molecule has 2 nitrogen and oxygen atoms in total. The highest BCUT2D eigenvalue weighted by Gasteiger charge is 2.06. The van der Waals surface area contributed by atoms with Gasteiger partial charge in [-0.15, -0.1) is 0 Å². The van der Waals surface area contributed by atoms with Crippen LogP contribution in [0.4, 0.5) is 0 Å². The number of carbonyl (C=O) groups excluding carboxylic acids is 1. The van der Waals surface area contributed by atoms with Gasteiger partial charge < -0.3 is 0 Å². The molecule has 7 heavy (non-hydrogen) atoms. The van der Waals surface area contributed by atoms with Gasteiger partial charge in [0.15, 0.2) is 0 Å². The van der Waals surface area contributed by atoms with Gasteiger partial charge in [0.2, 0.25) is 5.91 Å². The molecule has 2 radical (unpaired) electrons. The van der Waals surface area contributed by atoms with Gasteiger partial charge in [-0.2, -0.15) is 0 Å². The van der Waals surface area contributed by atoms with Crippen molar-refractivity contribution in [3.8, 4) is 0 Å². The quantitative estimate of drug-likeness (QED) is 0.422. The molecule has 1 amide bonds. The second kappa shape index (κ2) is 1.96. The van der Waals surface area contributed by atoms with Crippen LogP contribution in [0.5, 0.6) is 0 Å². The first kappa shape index (κ1) is 4.62. The monoisotopic (exact) mass is 97.1 g/mol. The summed E-state index contributed by atoms with van der Waals surface area (Å²) < 4.78 is 0. The van der Waals surface area contributed by atoms with Gasteiger partial charge in [0, 0.05) is 13.0 Å². The van der Waals surface area contributed by atoms with Gasteiger partial charge >= 0.3 is 0 Å². The van der Waals surface area contributed by atoms with Crippen molar-refractivity contribution in [2.24, 2.45) is 0 Å². The summed E-state index contributed by atoms with van der Waals surface area (Å²) >= 11 is 0. The Morgan fingerprint density at radius 1 is 1.71 bits per heavy atom. The molecular weight excluding hydrogens is 90.1 g/mol. The summed E-state index contributed by atoms with van der Waals surface area (Å²) in [5, 5.41) is 3.66. The molecule has 38 valence electrons. The van der Waals surface area contributed by atoms with E-state index in [0.29, 0.717) is 13.0 Å². The van der Waals surface area contributed by atoms with Crippen LogP contribution in [-0.4, -0.2) is 12.5 Å². The Labute approximate surface area is 42.9 Å². The Hall–Kier alpha value is -0.530. The zero-order chi connectivity index (χ0) is 5.11. The summed E-state index contributed by atoms with van der Waals surface area (Å²) in [7, 11) is 0. The van der Waals surface area contributed by atoms with Crippen LogP contribution >= 0.6 is 0 Å². The van der Waals surface area contributed by atoms with E-state index in [-0.39, 0.29) is 5.91 Å². The first-order valence-corrected chi connectivity index (χ1v) is 2.41. The predicted molar refractivity (Wildman–Crippen MR) is 25.5 cm³/mol. The molecule has 1 rings (SSSR count). The Bertz CT molecular complexity index is 72.1. The van der Waals surface area contributed by atoms with Crippen LogP contribution in [0.3, 0.4) is 0 Å². The minimum absolute atomic E-state index is 0.0336. The lowest BCUT2D eigenvalue weighted by molar-refractivity contribution is -0.121. The molecule has 0 aromatic heterocycles. The summed E-state index contributed by atoms with van der Waals surface area (Å²) in [5.74, 6) is 0.0336. The third-order valence-electron chi connectivity index (χ3n) is 0.940. The van der Waals surface area contributed by atoms with Crippen LogP contribution in [0.15, 0.2) is 0 Å². The molecular formula is C5H7NO. The van der Waals surface area contributed by atoms with E-state index in [1.165, 1.54) is 0 Å². The van der Waals surface area contributed by atoms with Gasteiger partial charge in [0.05, 0.1) is 0 Å². The largest absolute Gasteiger partial charge is 0.273 e. The van der Waals surface area contributed by atoms with Crippen LogP contribution in [0.2, 0.25) is 0 Å². The fraction of sp³-hybridized carbons (Fsp3) is 0.600. The van der Waals surface area contributed by atoms with Gasteiger partial charge in [-0.1, -0.05) is 0 Å². The maximum atomic E-state index is 10.3. The van der Waals surface area contributed by atoms with Crippen molar-refractivity contribution in [2.45, 2.75) is 12.8 Å². The Morgan fingerprint density at radius 3 is 2.86 bits per heavy atom. The second-order valence-corrected chi connectivity index (χ2v) is 1.56. The van der Waals surface area contributed by atoms with Crippen molar-refractivity contribution in [1.82, 2.24) is 5.32 Å². The van der Waals surface area contributed by atoms with E-state index < -0.39 is 0 Å². The van der Waals surface area contributed by atoms with Crippen molar-refractivity contribution >= 4 is 5.91 Å². The van der Waals surface area contributed by atoms with Crippen molar-refractivity contribution in [2.75, 3.05) is 6.54 Å². The number of amides is 1. The van der Waals surface area contributed by atoms with Gasteiger partial charge in [0.1, 0.15) is 0 Å². The molecule has 1 aliphatic heterocycles. The molecule has 0 bridgehead atoms. The lowest BCUT2D eigenvalue weighted by Crippen LogP contribution is -2.21. The van der Waals surface area contributed by atoms with Crippen molar-refractivity contribution in [1.29, 1.82) is 0 Å². The first-order valence-electron chi connectivity index (χ1n) is 2.41.